The van der Waals surface area contributed by atoms with E-state index in [9.17, 15) is 8.42 Å². The van der Waals surface area contributed by atoms with E-state index in [0.717, 1.165) is 16.7 Å². The van der Waals surface area contributed by atoms with Crippen LogP contribution in [-0.2, 0) is 16.6 Å². The van der Waals surface area contributed by atoms with Crippen molar-refractivity contribution in [3.8, 4) is 17.0 Å². The summed E-state index contributed by atoms with van der Waals surface area (Å²) in [5, 5.41) is 0. The van der Waals surface area contributed by atoms with E-state index < -0.39 is 10.0 Å². The van der Waals surface area contributed by atoms with Crippen LogP contribution < -0.4 is 9.46 Å². The largest absolute Gasteiger partial charge is 0.470 e. The topological polar surface area (TPSA) is 81.2 Å². The van der Waals surface area contributed by atoms with Gasteiger partial charge in [0.05, 0.1) is 11.1 Å². The minimum Gasteiger partial charge on any atom is -0.470 e. The fraction of sp³-hybridized carbons (Fsp3) is 0.0435. The molecule has 4 aromatic rings. The van der Waals surface area contributed by atoms with Gasteiger partial charge in [-0.25, -0.2) is 18.4 Å². The van der Waals surface area contributed by atoms with Crippen LogP contribution in [0.3, 0.4) is 0 Å². The van der Waals surface area contributed by atoms with Gasteiger partial charge in [-0.05, 0) is 44.8 Å². The molecule has 6 nitrogen and oxygen atoms in total. The first-order chi connectivity index (χ1) is 15.0. The SMILES string of the molecule is O=S(=O)(Nc1ncc(Br)nc1OCc1ccccc1)c1cccc(-c2ccccc2)c1. The van der Waals surface area contributed by atoms with Gasteiger partial charge in [0.25, 0.3) is 15.9 Å². The molecule has 4 rings (SSSR count). The van der Waals surface area contributed by atoms with Crippen molar-refractivity contribution >= 4 is 31.8 Å². The van der Waals surface area contributed by atoms with Crippen molar-refractivity contribution in [2.24, 2.45) is 0 Å². The van der Waals surface area contributed by atoms with Gasteiger partial charge in [-0.2, -0.15) is 0 Å². The molecule has 0 aliphatic rings. The maximum atomic E-state index is 13.1. The first kappa shape index (κ1) is 21.0. The van der Waals surface area contributed by atoms with Crippen molar-refractivity contribution < 1.29 is 13.2 Å². The van der Waals surface area contributed by atoms with Crippen LogP contribution in [0.25, 0.3) is 11.1 Å². The van der Waals surface area contributed by atoms with Crippen molar-refractivity contribution in [2.45, 2.75) is 11.5 Å². The lowest BCUT2D eigenvalue weighted by atomic mass is 10.1. The molecular formula is C23H18BrN3O3S. The zero-order chi connectivity index (χ0) is 21.7. The molecule has 1 N–H and O–H groups in total. The summed E-state index contributed by atoms with van der Waals surface area (Å²) < 4.78 is 34.8. The maximum absolute atomic E-state index is 13.1. The molecule has 0 saturated carbocycles. The molecule has 0 radical (unpaired) electrons. The van der Waals surface area contributed by atoms with Gasteiger partial charge in [-0.3, -0.25) is 4.72 Å². The van der Waals surface area contributed by atoms with E-state index in [1.54, 1.807) is 12.1 Å². The summed E-state index contributed by atoms with van der Waals surface area (Å²) in [5.74, 6) is 0.102. The summed E-state index contributed by atoms with van der Waals surface area (Å²) in [4.78, 5) is 8.51. The van der Waals surface area contributed by atoms with Gasteiger partial charge in [0.2, 0.25) is 5.82 Å². The van der Waals surface area contributed by atoms with Crippen molar-refractivity contribution in [2.75, 3.05) is 4.72 Å². The molecule has 0 aliphatic carbocycles. The smallest absolute Gasteiger partial charge is 0.263 e. The fourth-order valence-electron chi connectivity index (χ4n) is 2.91. The highest BCUT2D eigenvalue weighted by Gasteiger charge is 2.20. The lowest BCUT2D eigenvalue weighted by Crippen LogP contribution is -2.15. The average Bonchev–Trinajstić information content (AvgIpc) is 2.80. The highest BCUT2D eigenvalue weighted by molar-refractivity contribution is 9.10. The second-order valence-corrected chi connectivity index (χ2v) is 9.11. The Bertz CT molecular complexity index is 1280. The normalized spacial score (nSPS) is 11.1. The summed E-state index contributed by atoms with van der Waals surface area (Å²) >= 11 is 3.25. The van der Waals surface area contributed by atoms with Gasteiger partial charge in [-0.15, -0.1) is 0 Å². The fourth-order valence-corrected chi connectivity index (χ4v) is 4.22. The van der Waals surface area contributed by atoms with Crippen molar-refractivity contribution in [1.82, 2.24) is 9.97 Å². The Hall–Kier alpha value is -3.23. The second-order valence-electron chi connectivity index (χ2n) is 6.62. The molecule has 31 heavy (non-hydrogen) atoms. The van der Waals surface area contributed by atoms with E-state index in [1.165, 1.54) is 12.3 Å². The van der Waals surface area contributed by atoms with Gasteiger partial charge in [0.1, 0.15) is 11.2 Å². The van der Waals surface area contributed by atoms with Crippen LogP contribution in [0.4, 0.5) is 5.82 Å². The van der Waals surface area contributed by atoms with Gasteiger partial charge in [0, 0.05) is 0 Å². The molecule has 0 unspecified atom stereocenters. The molecule has 8 heteroatoms. The Morgan fingerprint density at radius 1 is 0.871 bits per heavy atom. The van der Waals surface area contributed by atoms with E-state index in [0.29, 0.717) is 4.60 Å². The number of anilines is 1. The first-order valence-electron chi connectivity index (χ1n) is 9.39. The van der Waals surface area contributed by atoms with E-state index in [4.69, 9.17) is 4.74 Å². The Morgan fingerprint density at radius 2 is 1.55 bits per heavy atom. The summed E-state index contributed by atoms with van der Waals surface area (Å²) in [6.45, 7) is 0.226. The van der Waals surface area contributed by atoms with Crippen LogP contribution >= 0.6 is 15.9 Å². The lowest BCUT2D eigenvalue weighted by Gasteiger charge is -2.13. The van der Waals surface area contributed by atoms with Crippen molar-refractivity contribution in [3.05, 3.63) is 101 Å². The number of aromatic nitrogens is 2. The number of hydrogen-bond donors (Lipinski definition) is 1. The molecule has 0 fully saturated rings. The molecule has 156 valence electrons. The van der Waals surface area contributed by atoms with Gasteiger partial charge < -0.3 is 4.74 Å². The minimum absolute atomic E-state index is 0.0178. The van der Waals surface area contributed by atoms with Gasteiger partial charge in [-0.1, -0.05) is 72.8 Å². The third-order valence-corrected chi connectivity index (χ3v) is 6.13. The third kappa shape index (κ3) is 5.28. The zero-order valence-electron chi connectivity index (χ0n) is 16.3. The van der Waals surface area contributed by atoms with Crippen molar-refractivity contribution in [1.29, 1.82) is 0 Å². The third-order valence-electron chi connectivity index (χ3n) is 4.41. The summed E-state index contributed by atoms with van der Waals surface area (Å²) in [6.07, 6.45) is 1.41. The van der Waals surface area contributed by atoms with Crippen LogP contribution in [0.5, 0.6) is 5.88 Å². The van der Waals surface area contributed by atoms with E-state index >= 15 is 0 Å². The molecule has 0 atom stereocenters. The predicted molar refractivity (Wildman–Crippen MR) is 123 cm³/mol. The molecule has 0 spiro atoms. The standard InChI is InChI=1S/C23H18BrN3O3S/c24-21-15-25-22(23(26-21)30-16-17-8-3-1-4-9-17)27-31(28,29)20-13-7-12-19(14-20)18-10-5-2-6-11-18/h1-15H,16H2,(H,25,27). The number of hydrogen-bond acceptors (Lipinski definition) is 5. The predicted octanol–water partition coefficient (Wildman–Crippen LogP) is 5.29. The van der Waals surface area contributed by atoms with Gasteiger partial charge in [0.15, 0.2) is 0 Å². The van der Waals surface area contributed by atoms with E-state index in [-0.39, 0.29) is 23.2 Å². The average molecular weight is 496 g/mol. The molecular weight excluding hydrogens is 478 g/mol. The Kier molecular flexibility index (Phi) is 6.29. The molecule has 3 aromatic carbocycles. The minimum atomic E-state index is -3.91. The Balaban J connectivity index is 1.60. The molecule has 1 aromatic heterocycles. The van der Waals surface area contributed by atoms with E-state index in [2.05, 4.69) is 30.6 Å². The number of nitrogens with zero attached hydrogens (tertiary/aromatic N) is 2. The Labute approximate surface area is 189 Å². The number of halogens is 1. The second kappa shape index (κ2) is 9.28. The molecule has 1 heterocycles. The highest BCUT2D eigenvalue weighted by Crippen LogP contribution is 2.27. The quantitative estimate of drug-likeness (QED) is 0.376. The number of ether oxygens (including phenoxy) is 1. The van der Waals surface area contributed by atoms with Crippen molar-refractivity contribution in [3.63, 3.8) is 0 Å². The Morgan fingerprint density at radius 3 is 2.29 bits per heavy atom. The highest BCUT2D eigenvalue weighted by atomic mass is 79.9. The number of benzene rings is 3. The molecule has 0 saturated heterocycles. The van der Waals surface area contributed by atoms with E-state index in [1.807, 2.05) is 66.7 Å². The first-order valence-corrected chi connectivity index (χ1v) is 11.7. The molecule has 0 aliphatic heterocycles. The van der Waals surface area contributed by atoms with Crippen LogP contribution in [-0.4, -0.2) is 18.4 Å². The molecule has 0 amide bonds. The maximum Gasteiger partial charge on any atom is 0.263 e. The van der Waals surface area contributed by atoms with Crippen LogP contribution in [0, 0.1) is 0 Å². The number of sulfonamides is 1. The summed E-state index contributed by atoms with van der Waals surface area (Å²) in [6, 6.07) is 25.8. The summed E-state index contributed by atoms with van der Waals surface area (Å²) in [5.41, 5.74) is 2.65. The van der Waals surface area contributed by atoms with Gasteiger partial charge >= 0.3 is 0 Å². The number of nitrogens with one attached hydrogen (secondary N) is 1. The summed E-state index contributed by atoms with van der Waals surface area (Å²) in [7, 11) is -3.91. The van der Waals surface area contributed by atoms with Crippen LogP contribution in [0.2, 0.25) is 0 Å². The molecule has 0 bridgehead atoms. The number of rotatable bonds is 7. The lowest BCUT2D eigenvalue weighted by molar-refractivity contribution is 0.294. The zero-order valence-corrected chi connectivity index (χ0v) is 18.7. The van der Waals surface area contributed by atoms with Crippen LogP contribution in [0.15, 0.2) is 101 Å². The van der Waals surface area contributed by atoms with Crippen LogP contribution in [0.1, 0.15) is 5.56 Å². The monoisotopic (exact) mass is 495 g/mol.